The minimum absolute atomic E-state index is 0.224. The molecule has 0 amide bonds. The lowest BCUT2D eigenvalue weighted by atomic mass is 10.2. The molecule has 0 bridgehead atoms. The minimum Gasteiger partial charge on any atom is -0.484 e. The molecule has 19 heavy (non-hydrogen) atoms. The molecule has 1 N–H and O–H groups in total. The van der Waals surface area contributed by atoms with Crippen LogP contribution in [0.2, 0.25) is 0 Å². The average molecular weight is 258 g/mol. The van der Waals surface area contributed by atoms with E-state index in [2.05, 4.69) is 4.98 Å². The Morgan fingerprint density at radius 2 is 2.00 bits per heavy atom. The Bertz CT molecular complexity index is 716. The number of H-pyrrole nitrogens is 1. The molecule has 5 nitrogen and oxygen atoms in total. The summed E-state index contributed by atoms with van der Waals surface area (Å²) in [6.45, 7) is 0. The van der Waals surface area contributed by atoms with Gasteiger partial charge in [-0.1, -0.05) is 18.2 Å². The van der Waals surface area contributed by atoms with Crippen molar-refractivity contribution in [2.45, 2.75) is 18.9 Å². The molecule has 1 aliphatic rings. The van der Waals surface area contributed by atoms with Crippen molar-refractivity contribution in [1.29, 1.82) is 0 Å². The number of benzene rings is 1. The summed E-state index contributed by atoms with van der Waals surface area (Å²) in [5.41, 5.74) is 0.658. The fourth-order valence-electron chi connectivity index (χ4n) is 2.40. The molecule has 0 saturated carbocycles. The summed E-state index contributed by atoms with van der Waals surface area (Å²) in [6.07, 6.45) is 1.09. The van der Waals surface area contributed by atoms with Gasteiger partial charge in [0.25, 0.3) is 5.56 Å². The molecule has 1 aromatic heterocycles. The molecule has 1 aliphatic carbocycles. The molecule has 0 spiro atoms. The van der Waals surface area contributed by atoms with E-state index in [1.165, 1.54) is 7.05 Å². The number of ether oxygens (including phenoxy) is 1. The van der Waals surface area contributed by atoms with E-state index in [4.69, 9.17) is 4.74 Å². The number of para-hydroxylation sites is 1. The van der Waals surface area contributed by atoms with Crippen molar-refractivity contribution >= 4 is 0 Å². The second-order valence-electron chi connectivity index (χ2n) is 4.64. The molecule has 1 heterocycles. The van der Waals surface area contributed by atoms with E-state index in [0.717, 1.165) is 10.3 Å². The Balaban J connectivity index is 1.99. The van der Waals surface area contributed by atoms with Crippen molar-refractivity contribution in [3.05, 3.63) is 62.4 Å². The lowest BCUT2D eigenvalue weighted by molar-refractivity contribution is 0.203. The summed E-state index contributed by atoms with van der Waals surface area (Å²) in [4.78, 5) is 26.4. The van der Waals surface area contributed by atoms with E-state index < -0.39 is 5.69 Å². The molecule has 1 unspecified atom stereocenters. The summed E-state index contributed by atoms with van der Waals surface area (Å²) in [7, 11) is 1.48. The van der Waals surface area contributed by atoms with Gasteiger partial charge in [-0.2, -0.15) is 0 Å². The fourth-order valence-corrected chi connectivity index (χ4v) is 2.40. The van der Waals surface area contributed by atoms with Crippen molar-refractivity contribution in [2.75, 3.05) is 0 Å². The van der Waals surface area contributed by atoms with Crippen molar-refractivity contribution in [2.24, 2.45) is 7.05 Å². The topological polar surface area (TPSA) is 64.1 Å². The third kappa shape index (κ3) is 1.97. The molecular weight excluding hydrogens is 244 g/mol. The van der Waals surface area contributed by atoms with Gasteiger partial charge in [0.05, 0.1) is 5.69 Å². The molecule has 0 aliphatic heterocycles. The zero-order valence-corrected chi connectivity index (χ0v) is 10.6. The van der Waals surface area contributed by atoms with E-state index in [9.17, 15) is 9.59 Å². The normalized spacial score (nSPS) is 17.2. The van der Waals surface area contributed by atoms with Crippen molar-refractivity contribution in [3.63, 3.8) is 0 Å². The summed E-state index contributed by atoms with van der Waals surface area (Å²) in [5, 5.41) is 0. The molecule has 2 aromatic rings. The van der Waals surface area contributed by atoms with Gasteiger partial charge in [0, 0.05) is 12.6 Å². The number of fused-ring (bicyclic) bond motifs is 1. The van der Waals surface area contributed by atoms with Crippen LogP contribution in [0.25, 0.3) is 0 Å². The van der Waals surface area contributed by atoms with Crippen LogP contribution < -0.4 is 16.0 Å². The molecule has 0 saturated heterocycles. The smallest absolute Gasteiger partial charge is 0.328 e. The number of aromatic amines is 1. The second-order valence-corrected chi connectivity index (χ2v) is 4.64. The van der Waals surface area contributed by atoms with Gasteiger partial charge < -0.3 is 9.72 Å². The quantitative estimate of drug-likeness (QED) is 0.878. The lowest BCUT2D eigenvalue weighted by Crippen LogP contribution is -2.35. The Morgan fingerprint density at radius 3 is 2.74 bits per heavy atom. The van der Waals surface area contributed by atoms with Gasteiger partial charge in [0.2, 0.25) is 0 Å². The Labute approximate surface area is 109 Å². The highest BCUT2D eigenvalue weighted by molar-refractivity contribution is 5.28. The van der Waals surface area contributed by atoms with E-state index in [1.807, 2.05) is 30.3 Å². The maximum Gasteiger partial charge on any atom is 0.328 e. The SMILES string of the molecule is Cn1c(=O)[nH]c2c(c1=O)CCC2Oc1ccccc1. The zero-order chi connectivity index (χ0) is 13.4. The standard InChI is InChI=1S/C14H14N2O3/c1-16-13(17)10-7-8-11(12(10)15-14(16)18)19-9-5-3-2-4-6-9/h2-6,11H,7-8H2,1H3,(H,15,18). The molecule has 1 atom stereocenters. The van der Waals surface area contributed by atoms with Crippen molar-refractivity contribution < 1.29 is 4.74 Å². The molecule has 0 radical (unpaired) electrons. The average Bonchev–Trinajstić information content (AvgIpc) is 2.81. The highest BCUT2D eigenvalue weighted by Crippen LogP contribution is 2.30. The Hall–Kier alpha value is -2.30. The summed E-state index contributed by atoms with van der Waals surface area (Å²) >= 11 is 0. The highest BCUT2D eigenvalue weighted by atomic mass is 16.5. The number of nitrogens with one attached hydrogen (secondary N) is 1. The third-order valence-electron chi connectivity index (χ3n) is 3.43. The number of rotatable bonds is 2. The van der Waals surface area contributed by atoms with Crippen molar-refractivity contribution in [1.82, 2.24) is 9.55 Å². The van der Waals surface area contributed by atoms with E-state index >= 15 is 0 Å². The minimum atomic E-state index is -0.396. The van der Waals surface area contributed by atoms with Gasteiger partial charge >= 0.3 is 5.69 Å². The number of nitrogens with zero attached hydrogens (tertiary/aromatic N) is 1. The Kier molecular flexibility index (Phi) is 2.74. The molecule has 1 aromatic carbocycles. The van der Waals surface area contributed by atoms with Crippen LogP contribution in [0.4, 0.5) is 0 Å². The van der Waals surface area contributed by atoms with Crippen molar-refractivity contribution in [3.8, 4) is 5.75 Å². The van der Waals surface area contributed by atoms with Crippen LogP contribution in [0.1, 0.15) is 23.8 Å². The highest BCUT2D eigenvalue weighted by Gasteiger charge is 2.28. The molecule has 5 heteroatoms. The fraction of sp³-hybridized carbons (Fsp3) is 0.286. The van der Waals surface area contributed by atoms with Gasteiger partial charge in [-0.3, -0.25) is 9.36 Å². The lowest BCUT2D eigenvalue weighted by Gasteiger charge is -2.14. The van der Waals surface area contributed by atoms with Crippen LogP contribution in [0.3, 0.4) is 0 Å². The van der Waals surface area contributed by atoms with Crippen LogP contribution in [0.15, 0.2) is 39.9 Å². The molecule has 0 fully saturated rings. The first-order chi connectivity index (χ1) is 9.16. The number of hydrogen-bond donors (Lipinski definition) is 1. The summed E-state index contributed by atoms with van der Waals surface area (Å²) in [6, 6.07) is 9.40. The van der Waals surface area contributed by atoms with Gasteiger partial charge in [0.1, 0.15) is 11.9 Å². The van der Waals surface area contributed by atoms with Gasteiger partial charge in [-0.15, -0.1) is 0 Å². The van der Waals surface area contributed by atoms with Gasteiger partial charge in [-0.05, 0) is 25.0 Å². The first kappa shape index (κ1) is 11.8. The van der Waals surface area contributed by atoms with Gasteiger partial charge in [-0.25, -0.2) is 4.79 Å². The molecular formula is C14H14N2O3. The molecule has 98 valence electrons. The first-order valence-electron chi connectivity index (χ1n) is 6.20. The number of hydrogen-bond acceptors (Lipinski definition) is 3. The van der Waals surface area contributed by atoms with E-state index in [1.54, 1.807) is 0 Å². The van der Waals surface area contributed by atoms with Crippen LogP contribution in [0.5, 0.6) is 5.75 Å². The largest absolute Gasteiger partial charge is 0.484 e. The van der Waals surface area contributed by atoms with Crippen LogP contribution in [0, 0.1) is 0 Å². The van der Waals surface area contributed by atoms with Crippen LogP contribution in [-0.4, -0.2) is 9.55 Å². The van der Waals surface area contributed by atoms with Crippen LogP contribution in [-0.2, 0) is 13.5 Å². The monoisotopic (exact) mass is 258 g/mol. The maximum absolute atomic E-state index is 12.0. The third-order valence-corrected chi connectivity index (χ3v) is 3.43. The van der Waals surface area contributed by atoms with Crippen LogP contribution >= 0.6 is 0 Å². The number of aromatic nitrogens is 2. The Morgan fingerprint density at radius 1 is 1.26 bits per heavy atom. The second kappa shape index (κ2) is 4.42. The zero-order valence-electron chi connectivity index (χ0n) is 10.6. The van der Waals surface area contributed by atoms with E-state index in [0.29, 0.717) is 24.1 Å². The predicted octanol–water partition coefficient (Wildman–Crippen LogP) is 1.14. The predicted molar refractivity (Wildman–Crippen MR) is 70.4 cm³/mol. The first-order valence-corrected chi connectivity index (χ1v) is 6.20. The van der Waals surface area contributed by atoms with Gasteiger partial charge in [0.15, 0.2) is 0 Å². The summed E-state index contributed by atoms with van der Waals surface area (Å²) in [5.74, 6) is 0.738. The maximum atomic E-state index is 12.0. The van der Waals surface area contributed by atoms with E-state index in [-0.39, 0.29) is 11.7 Å². The summed E-state index contributed by atoms with van der Waals surface area (Å²) < 4.78 is 6.93. The molecule has 3 rings (SSSR count).